The molecule has 1 heterocycles. The van der Waals surface area contributed by atoms with E-state index in [1.807, 2.05) is 19.1 Å². The van der Waals surface area contributed by atoms with Gasteiger partial charge in [0.1, 0.15) is 5.76 Å². The number of carbonyl (C=O) groups excluding carboxylic acids is 1. The minimum Gasteiger partial charge on any atom is -0.445 e. The van der Waals surface area contributed by atoms with Crippen LogP contribution in [0.15, 0.2) is 28.7 Å². The number of aryl methyl sites for hydroxylation is 2. The van der Waals surface area contributed by atoms with Crippen LogP contribution in [0.5, 0.6) is 0 Å². The first-order chi connectivity index (χ1) is 12.5. The van der Waals surface area contributed by atoms with E-state index in [2.05, 4.69) is 69.3 Å². The highest BCUT2D eigenvalue weighted by Gasteiger charge is 2.22. The average Bonchev–Trinajstić information content (AvgIpc) is 2.92. The van der Waals surface area contributed by atoms with Gasteiger partial charge in [-0.1, -0.05) is 53.7 Å². The van der Waals surface area contributed by atoms with Crippen molar-refractivity contribution in [1.29, 1.82) is 0 Å². The largest absolute Gasteiger partial charge is 0.445 e. The molecule has 0 fully saturated rings. The van der Waals surface area contributed by atoms with E-state index in [0.717, 1.165) is 35.9 Å². The number of hydrogen-bond acceptors (Lipinski definition) is 3. The molecule has 0 spiro atoms. The molecule has 0 aliphatic rings. The molecular formula is C22H33N3O2. The molecule has 148 valence electrons. The summed E-state index contributed by atoms with van der Waals surface area (Å²) in [6.07, 6.45) is 1.56. The van der Waals surface area contributed by atoms with Gasteiger partial charge in [0.25, 0.3) is 0 Å². The lowest BCUT2D eigenvalue weighted by Crippen LogP contribution is -2.29. The van der Waals surface area contributed by atoms with Crippen molar-refractivity contribution >= 4 is 11.7 Å². The third-order valence-electron chi connectivity index (χ3n) is 4.41. The second-order valence-electron chi connectivity index (χ2n) is 9.09. The van der Waals surface area contributed by atoms with E-state index >= 15 is 0 Å². The van der Waals surface area contributed by atoms with E-state index in [0.29, 0.717) is 6.54 Å². The van der Waals surface area contributed by atoms with E-state index in [-0.39, 0.29) is 16.9 Å². The lowest BCUT2D eigenvalue weighted by Gasteiger charge is -2.19. The van der Waals surface area contributed by atoms with Crippen molar-refractivity contribution in [2.45, 2.75) is 72.1 Å². The Morgan fingerprint density at radius 1 is 1.04 bits per heavy atom. The second kappa shape index (κ2) is 8.15. The van der Waals surface area contributed by atoms with Crippen molar-refractivity contribution in [1.82, 2.24) is 10.3 Å². The molecule has 0 unspecified atom stereocenters. The molecule has 0 saturated heterocycles. The third kappa shape index (κ3) is 6.12. The Morgan fingerprint density at radius 2 is 1.67 bits per heavy atom. The van der Waals surface area contributed by atoms with Gasteiger partial charge in [0.15, 0.2) is 5.89 Å². The molecule has 1 aromatic heterocycles. The predicted molar refractivity (Wildman–Crippen MR) is 110 cm³/mol. The molecule has 5 heteroatoms. The van der Waals surface area contributed by atoms with E-state index in [1.165, 1.54) is 5.56 Å². The van der Waals surface area contributed by atoms with Gasteiger partial charge in [-0.25, -0.2) is 9.78 Å². The molecule has 5 nitrogen and oxygen atoms in total. The van der Waals surface area contributed by atoms with Crippen molar-refractivity contribution in [2.75, 3.05) is 11.9 Å². The predicted octanol–water partition coefficient (Wildman–Crippen LogP) is 5.33. The highest BCUT2D eigenvalue weighted by Crippen LogP contribution is 2.25. The summed E-state index contributed by atoms with van der Waals surface area (Å²) >= 11 is 0. The summed E-state index contributed by atoms with van der Waals surface area (Å²) in [5.74, 6) is 1.67. The van der Waals surface area contributed by atoms with Gasteiger partial charge in [-0.15, -0.1) is 0 Å². The van der Waals surface area contributed by atoms with Gasteiger partial charge in [0, 0.05) is 24.1 Å². The molecule has 0 bridgehead atoms. The van der Waals surface area contributed by atoms with Crippen LogP contribution >= 0.6 is 0 Å². The number of nitrogens with zero attached hydrogens (tertiary/aromatic N) is 1. The lowest BCUT2D eigenvalue weighted by atomic mass is 9.87. The SMILES string of the molecule is Cc1nc(C(C)(C)C)oc1CCCNC(=O)Nc1ccc(C(C)(C)C)cc1. The maximum Gasteiger partial charge on any atom is 0.319 e. The molecular weight excluding hydrogens is 338 g/mol. The molecule has 1 aromatic carbocycles. The Labute approximate surface area is 163 Å². The minimum absolute atomic E-state index is 0.0936. The monoisotopic (exact) mass is 371 g/mol. The third-order valence-corrected chi connectivity index (χ3v) is 4.41. The first-order valence-electron chi connectivity index (χ1n) is 9.59. The highest BCUT2D eigenvalue weighted by atomic mass is 16.4. The topological polar surface area (TPSA) is 67.2 Å². The van der Waals surface area contributed by atoms with Crippen molar-refractivity contribution in [2.24, 2.45) is 0 Å². The van der Waals surface area contributed by atoms with Gasteiger partial charge in [-0.2, -0.15) is 0 Å². The maximum atomic E-state index is 12.1. The molecule has 0 radical (unpaired) electrons. The Morgan fingerprint density at radius 3 is 2.19 bits per heavy atom. The van der Waals surface area contributed by atoms with Crippen LogP contribution < -0.4 is 10.6 Å². The van der Waals surface area contributed by atoms with Crippen molar-refractivity contribution in [3.63, 3.8) is 0 Å². The summed E-state index contributed by atoms with van der Waals surface area (Å²) in [7, 11) is 0. The number of urea groups is 1. The molecule has 2 N–H and O–H groups in total. The summed E-state index contributed by atoms with van der Waals surface area (Å²) < 4.78 is 5.88. The number of carbonyl (C=O) groups is 1. The van der Waals surface area contributed by atoms with E-state index < -0.39 is 0 Å². The number of hydrogen-bond donors (Lipinski definition) is 2. The highest BCUT2D eigenvalue weighted by molar-refractivity contribution is 5.89. The molecule has 0 aliphatic heterocycles. The average molecular weight is 372 g/mol. The van der Waals surface area contributed by atoms with Crippen LogP contribution in [0.4, 0.5) is 10.5 Å². The van der Waals surface area contributed by atoms with Crippen LogP contribution in [-0.2, 0) is 17.3 Å². The Bertz CT molecular complexity index is 762. The summed E-state index contributed by atoms with van der Waals surface area (Å²) in [4.78, 5) is 16.6. The van der Waals surface area contributed by atoms with Gasteiger partial charge in [0.05, 0.1) is 5.69 Å². The van der Waals surface area contributed by atoms with Crippen LogP contribution in [0.2, 0.25) is 0 Å². The molecule has 27 heavy (non-hydrogen) atoms. The smallest absolute Gasteiger partial charge is 0.319 e. The number of oxazole rings is 1. The van der Waals surface area contributed by atoms with Gasteiger partial charge in [-0.05, 0) is 36.5 Å². The van der Waals surface area contributed by atoms with Gasteiger partial charge < -0.3 is 15.1 Å². The van der Waals surface area contributed by atoms with Crippen LogP contribution in [0.25, 0.3) is 0 Å². The van der Waals surface area contributed by atoms with Crippen LogP contribution in [0.1, 0.15) is 70.9 Å². The summed E-state index contributed by atoms with van der Waals surface area (Å²) in [5.41, 5.74) is 2.98. The van der Waals surface area contributed by atoms with Gasteiger partial charge >= 0.3 is 6.03 Å². The minimum atomic E-state index is -0.191. The fourth-order valence-corrected chi connectivity index (χ4v) is 2.66. The molecule has 0 aliphatic carbocycles. The molecule has 2 aromatic rings. The van der Waals surface area contributed by atoms with Gasteiger partial charge in [-0.3, -0.25) is 0 Å². The Hall–Kier alpha value is -2.30. The zero-order valence-electron chi connectivity index (χ0n) is 17.7. The zero-order valence-corrected chi connectivity index (χ0v) is 17.7. The van der Waals surface area contributed by atoms with E-state index in [1.54, 1.807) is 0 Å². The Kier molecular flexibility index (Phi) is 6.34. The summed E-state index contributed by atoms with van der Waals surface area (Å²) in [5, 5.41) is 5.76. The van der Waals surface area contributed by atoms with Crippen molar-refractivity contribution in [3.8, 4) is 0 Å². The number of rotatable bonds is 5. The number of nitrogens with one attached hydrogen (secondary N) is 2. The van der Waals surface area contributed by atoms with Crippen LogP contribution in [0, 0.1) is 6.92 Å². The van der Waals surface area contributed by atoms with Crippen molar-refractivity contribution in [3.05, 3.63) is 47.2 Å². The number of benzene rings is 1. The quantitative estimate of drug-likeness (QED) is 0.698. The fourth-order valence-electron chi connectivity index (χ4n) is 2.66. The van der Waals surface area contributed by atoms with E-state index in [4.69, 9.17) is 4.42 Å². The first-order valence-corrected chi connectivity index (χ1v) is 9.59. The second-order valence-corrected chi connectivity index (χ2v) is 9.09. The fraction of sp³-hybridized carbons (Fsp3) is 0.545. The van der Waals surface area contributed by atoms with Crippen molar-refractivity contribution < 1.29 is 9.21 Å². The van der Waals surface area contributed by atoms with Gasteiger partial charge in [0.2, 0.25) is 0 Å². The van der Waals surface area contributed by atoms with E-state index in [9.17, 15) is 4.79 Å². The molecule has 2 amide bonds. The summed E-state index contributed by atoms with van der Waals surface area (Å²) in [6, 6.07) is 7.78. The van der Waals surface area contributed by atoms with Crippen LogP contribution in [-0.4, -0.2) is 17.6 Å². The lowest BCUT2D eigenvalue weighted by molar-refractivity contribution is 0.252. The number of aromatic nitrogens is 1. The molecule has 0 saturated carbocycles. The molecule has 2 rings (SSSR count). The normalized spacial score (nSPS) is 12.1. The zero-order chi connectivity index (χ0) is 20.2. The number of anilines is 1. The van der Waals surface area contributed by atoms with Crippen LogP contribution in [0.3, 0.4) is 0 Å². The first kappa shape index (κ1) is 21.0. The number of amides is 2. The Balaban J connectivity index is 1.77. The molecule has 0 atom stereocenters. The standard InChI is InChI=1S/C22H33N3O2/c1-15-18(27-19(24-15)22(5,6)7)9-8-14-23-20(26)25-17-12-10-16(11-13-17)21(2,3)4/h10-13H,8-9,14H2,1-7H3,(H2,23,25,26). The maximum absolute atomic E-state index is 12.1. The summed E-state index contributed by atoms with van der Waals surface area (Å²) in [6.45, 7) is 15.3.